The molecule has 2 aliphatic rings. The normalized spacial score (nSPS) is 26.8. The van der Waals surface area contributed by atoms with Gasteiger partial charge in [0.2, 0.25) is 0 Å². The third-order valence-electron chi connectivity index (χ3n) is 6.78. The molecule has 3 N–H and O–H groups in total. The maximum atomic E-state index is 9.48. The molecule has 3 aromatic rings. The lowest BCUT2D eigenvalue weighted by Crippen LogP contribution is -2.41. The molecular formula is C23H29N5O2. The number of nitrogens with two attached hydrogens (primary N) is 1. The Hall–Kier alpha value is -2.48. The summed E-state index contributed by atoms with van der Waals surface area (Å²) in [6, 6.07) is 12.3. The van der Waals surface area contributed by atoms with Crippen molar-refractivity contribution in [3.8, 4) is 5.75 Å². The maximum Gasteiger partial charge on any atom is 0.161 e. The van der Waals surface area contributed by atoms with E-state index in [0.29, 0.717) is 6.54 Å². The molecular weight excluding hydrogens is 378 g/mol. The molecule has 0 bridgehead atoms. The molecule has 2 aromatic heterocycles. The molecule has 1 fully saturated rings. The van der Waals surface area contributed by atoms with Crippen LogP contribution in [0.4, 0.5) is 0 Å². The summed E-state index contributed by atoms with van der Waals surface area (Å²) in [5.41, 5.74) is 9.22. The number of ether oxygens (including phenoxy) is 1. The Morgan fingerprint density at radius 2 is 2.00 bits per heavy atom. The van der Waals surface area contributed by atoms with Gasteiger partial charge in [-0.2, -0.15) is 0 Å². The number of hydrogen-bond acceptors (Lipinski definition) is 6. The predicted molar refractivity (Wildman–Crippen MR) is 114 cm³/mol. The van der Waals surface area contributed by atoms with Crippen molar-refractivity contribution in [2.75, 3.05) is 19.7 Å². The lowest BCUT2D eigenvalue weighted by Gasteiger charge is -2.33. The highest BCUT2D eigenvalue weighted by Crippen LogP contribution is 2.39. The number of likely N-dealkylation sites (tertiary alicyclic amines) is 1. The van der Waals surface area contributed by atoms with E-state index in [4.69, 9.17) is 10.5 Å². The van der Waals surface area contributed by atoms with E-state index in [-0.39, 0.29) is 24.3 Å². The Morgan fingerprint density at radius 3 is 2.83 bits per heavy atom. The van der Waals surface area contributed by atoms with Crippen LogP contribution in [-0.2, 0) is 5.54 Å². The number of rotatable bonds is 5. The maximum absolute atomic E-state index is 9.48. The van der Waals surface area contributed by atoms with Crippen molar-refractivity contribution in [2.45, 2.75) is 50.3 Å². The summed E-state index contributed by atoms with van der Waals surface area (Å²) in [7, 11) is 0. The minimum Gasteiger partial charge on any atom is -0.484 e. The van der Waals surface area contributed by atoms with Gasteiger partial charge in [0.1, 0.15) is 11.9 Å². The van der Waals surface area contributed by atoms with Crippen LogP contribution in [-0.4, -0.2) is 44.3 Å². The summed E-state index contributed by atoms with van der Waals surface area (Å²) in [4.78, 5) is 2.30. The highest BCUT2D eigenvalue weighted by molar-refractivity contribution is 5.43. The fraction of sp³-hybridized carbons (Fsp3) is 0.478. The molecule has 0 spiro atoms. The van der Waals surface area contributed by atoms with Crippen molar-refractivity contribution >= 4 is 5.65 Å². The Bertz CT molecular complexity index is 1050. The number of nitrogens with zero attached hydrogens (tertiary/aromatic N) is 4. The van der Waals surface area contributed by atoms with Gasteiger partial charge in [-0.05, 0) is 62.4 Å². The quantitative estimate of drug-likeness (QED) is 0.676. The van der Waals surface area contributed by atoms with Gasteiger partial charge >= 0.3 is 0 Å². The van der Waals surface area contributed by atoms with Gasteiger partial charge < -0.3 is 15.6 Å². The number of benzene rings is 1. The largest absolute Gasteiger partial charge is 0.484 e. The van der Waals surface area contributed by atoms with Crippen LogP contribution in [0.25, 0.3) is 5.65 Å². The molecule has 1 aliphatic carbocycles. The van der Waals surface area contributed by atoms with Crippen LogP contribution in [0.2, 0.25) is 0 Å². The van der Waals surface area contributed by atoms with Gasteiger partial charge in [-0.25, -0.2) is 0 Å². The van der Waals surface area contributed by atoms with Gasteiger partial charge in [0, 0.05) is 12.6 Å². The Morgan fingerprint density at radius 1 is 1.17 bits per heavy atom. The minimum atomic E-state index is -0.245. The molecule has 7 heteroatoms. The highest BCUT2D eigenvalue weighted by Gasteiger charge is 2.41. The van der Waals surface area contributed by atoms with Gasteiger partial charge in [-0.15, -0.1) is 10.2 Å². The Kier molecular flexibility index (Phi) is 4.97. The second-order valence-electron chi connectivity index (χ2n) is 8.62. The second-order valence-corrected chi connectivity index (χ2v) is 8.62. The van der Waals surface area contributed by atoms with Gasteiger partial charge in [-0.3, -0.25) is 9.30 Å². The molecule has 1 saturated heterocycles. The first-order valence-electron chi connectivity index (χ1n) is 10.8. The SMILES string of the molecule is C[C@@]1(c2nnc3ccc(O[C@@H]4CC[C@H](N)c5ccccc54)cn23)CCCN1CCO. The summed E-state index contributed by atoms with van der Waals surface area (Å²) in [6.45, 7) is 3.93. The van der Waals surface area contributed by atoms with Crippen LogP contribution in [0.3, 0.4) is 0 Å². The summed E-state index contributed by atoms with van der Waals surface area (Å²) in [5, 5.41) is 18.4. The van der Waals surface area contributed by atoms with E-state index in [2.05, 4.69) is 34.2 Å². The molecule has 158 valence electrons. The van der Waals surface area contributed by atoms with Crippen molar-refractivity contribution in [1.82, 2.24) is 19.5 Å². The van der Waals surface area contributed by atoms with E-state index >= 15 is 0 Å². The van der Waals surface area contributed by atoms with Gasteiger partial charge in [-0.1, -0.05) is 24.3 Å². The summed E-state index contributed by atoms with van der Waals surface area (Å²) >= 11 is 0. The monoisotopic (exact) mass is 407 g/mol. The average molecular weight is 408 g/mol. The molecule has 0 radical (unpaired) electrons. The number of aliphatic hydroxyl groups is 1. The summed E-state index contributed by atoms with van der Waals surface area (Å²) < 4.78 is 8.49. The van der Waals surface area contributed by atoms with Crippen LogP contribution in [0, 0.1) is 0 Å². The third-order valence-corrected chi connectivity index (χ3v) is 6.78. The van der Waals surface area contributed by atoms with E-state index in [0.717, 1.165) is 49.4 Å². The first-order chi connectivity index (χ1) is 14.6. The van der Waals surface area contributed by atoms with Crippen molar-refractivity contribution in [3.63, 3.8) is 0 Å². The molecule has 0 unspecified atom stereocenters. The van der Waals surface area contributed by atoms with Crippen LogP contribution in [0.5, 0.6) is 5.75 Å². The number of hydrogen-bond donors (Lipinski definition) is 2. The average Bonchev–Trinajstić information content (AvgIpc) is 3.35. The van der Waals surface area contributed by atoms with Crippen LogP contribution < -0.4 is 10.5 Å². The summed E-state index contributed by atoms with van der Waals surface area (Å²) in [5.74, 6) is 1.70. The standard InChI is InChI=1S/C23H29N5O2/c1-23(11-4-12-27(23)13-14-29)22-26-25-21-10-7-16(15-28(21)22)30-20-9-8-19(24)17-5-2-3-6-18(17)20/h2-3,5-7,10,15,19-20,29H,4,8-9,11-14,24H2,1H3/t19-,20+,23-/m0/s1. The molecule has 0 saturated carbocycles. The van der Waals surface area contributed by atoms with Crippen molar-refractivity contribution in [3.05, 3.63) is 59.5 Å². The Labute approximate surface area is 176 Å². The fourth-order valence-corrected chi connectivity index (χ4v) is 5.13. The molecule has 30 heavy (non-hydrogen) atoms. The lowest BCUT2D eigenvalue weighted by molar-refractivity contribution is 0.113. The smallest absolute Gasteiger partial charge is 0.161 e. The number of aliphatic hydroxyl groups excluding tert-OH is 1. The molecule has 1 aromatic carbocycles. The van der Waals surface area contributed by atoms with E-state index < -0.39 is 0 Å². The number of fused-ring (bicyclic) bond motifs is 2. The topological polar surface area (TPSA) is 88.9 Å². The lowest BCUT2D eigenvalue weighted by atomic mass is 9.86. The number of aromatic nitrogens is 3. The predicted octanol–water partition coefficient (Wildman–Crippen LogP) is 2.95. The second kappa shape index (κ2) is 7.65. The molecule has 3 atom stereocenters. The van der Waals surface area contributed by atoms with Crippen LogP contribution in [0.15, 0.2) is 42.6 Å². The fourth-order valence-electron chi connectivity index (χ4n) is 5.13. The van der Waals surface area contributed by atoms with Crippen LogP contribution >= 0.6 is 0 Å². The number of pyridine rings is 1. The van der Waals surface area contributed by atoms with Crippen molar-refractivity contribution < 1.29 is 9.84 Å². The van der Waals surface area contributed by atoms with Gasteiger partial charge in [0.15, 0.2) is 11.5 Å². The first-order valence-corrected chi connectivity index (χ1v) is 10.8. The molecule has 0 amide bonds. The number of β-amino-alcohol motifs (C(OH)–C–C–N with tert-alkyl or cyclic N) is 1. The minimum absolute atomic E-state index is 0.00802. The molecule has 5 rings (SSSR count). The van der Waals surface area contributed by atoms with Crippen molar-refractivity contribution in [2.24, 2.45) is 5.73 Å². The van der Waals surface area contributed by atoms with E-state index in [1.807, 2.05) is 34.9 Å². The molecule has 7 nitrogen and oxygen atoms in total. The summed E-state index contributed by atoms with van der Waals surface area (Å²) in [6.07, 6.45) is 5.88. The van der Waals surface area contributed by atoms with E-state index in [1.54, 1.807) is 0 Å². The third kappa shape index (κ3) is 3.17. The van der Waals surface area contributed by atoms with E-state index in [1.165, 1.54) is 11.1 Å². The van der Waals surface area contributed by atoms with Crippen LogP contribution in [0.1, 0.15) is 61.7 Å². The zero-order valence-electron chi connectivity index (χ0n) is 17.4. The highest BCUT2D eigenvalue weighted by atomic mass is 16.5. The first kappa shape index (κ1) is 19.5. The molecule has 3 heterocycles. The van der Waals surface area contributed by atoms with Crippen molar-refractivity contribution in [1.29, 1.82) is 0 Å². The molecule has 1 aliphatic heterocycles. The zero-order chi connectivity index (χ0) is 20.7. The zero-order valence-corrected chi connectivity index (χ0v) is 17.4. The van der Waals surface area contributed by atoms with E-state index in [9.17, 15) is 5.11 Å². The Balaban J connectivity index is 1.48. The van der Waals surface area contributed by atoms with Gasteiger partial charge in [0.25, 0.3) is 0 Å². The van der Waals surface area contributed by atoms with Gasteiger partial charge in [0.05, 0.1) is 18.3 Å².